The van der Waals surface area contributed by atoms with E-state index < -0.39 is 0 Å². The molecule has 0 aliphatic heterocycles. The van der Waals surface area contributed by atoms with E-state index in [9.17, 15) is 0 Å². The number of nitrogens with one attached hydrogen (secondary N) is 1. The van der Waals surface area contributed by atoms with Crippen molar-refractivity contribution < 1.29 is 0 Å². The maximum absolute atomic E-state index is 6.23. The first kappa shape index (κ1) is 14.3. The molecule has 0 saturated heterocycles. The number of nitrogens with two attached hydrogens (primary N) is 1. The van der Waals surface area contributed by atoms with E-state index in [-0.39, 0.29) is 6.04 Å². The Labute approximate surface area is 122 Å². The van der Waals surface area contributed by atoms with Crippen LogP contribution in [0.3, 0.4) is 0 Å². The third-order valence-corrected chi connectivity index (χ3v) is 3.50. The number of hydrogen-bond acceptors (Lipinski definition) is 3. The van der Waals surface area contributed by atoms with E-state index >= 15 is 0 Å². The number of rotatable bonds is 5. The van der Waals surface area contributed by atoms with Gasteiger partial charge in [-0.15, -0.1) is 0 Å². The second kappa shape index (κ2) is 6.39. The SMILES string of the molecule is CCCn1nccc1C(NN)c1cc(Cl)ccc1Cl. The van der Waals surface area contributed by atoms with E-state index in [2.05, 4.69) is 17.4 Å². The van der Waals surface area contributed by atoms with Crippen molar-refractivity contribution in [2.45, 2.75) is 25.9 Å². The molecule has 19 heavy (non-hydrogen) atoms. The first-order chi connectivity index (χ1) is 9.17. The van der Waals surface area contributed by atoms with Crippen molar-refractivity contribution in [1.82, 2.24) is 15.2 Å². The highest BCUT2D eigenvalue weighted by molar-refractivity contribution is 6.33. The Balaban J connectivity index is 2.44. The van der Waals surface area contributed by atoms with E-state index in [0.29, 0.717) is 10.0 Å². The molecule has 1 atom stereocenters. The van der Waals surface area contributed by atoms with E-state index in [4.69, 9.17) is 29.0 Å². The highest BCUT2D eigenvalue weighted by Gasteiger charge is 2.19. The van der Waals surface area contributed by atoms with Gasteiger partial charge in [-0.2, -0.15) is 5.10 Å². The van der Waals surface area contributed by atoms with E-state index in [1.54, 1.807) is 18.3 Å². The molecule has 0 aliphatic carbocycles. The van der Waals surface area contributed by atoms with Crippen molar-refractivity contribution in [3.63, 3.8) is 0 Å². The second-order valence-corrected chi connectivity index (χ2v) is 5.09. The molecule has 1 aromatic carbocycles. The van der Waals surface area contributed by atoms with Gasteiger partial charge in [0.2, 0.25) is 0 Å². The minimum atomic E-state index is -0.236. The van der Waals surface area contributed by atoms with Gasteiger partial charge in [0.25, 0.3) is 0 Å². The summed E-state index contributed by atoms with van der Waals surface area (Å²) in [5.41, 5.74) is 4.59. The molecule has 0 saturated carbocycles. The third-order valence-electron chi connectivity index (χ3n) is 2.92. The molecule has 0 fully saturated rings. The fourth-order valence-electron chi connectivity index (χ4n) is 2.06. The largest absolute Gasteiger partial charge is 0.271 e. The Bertz CT molecular complexity index is 553. The topological polar surface area (TPSA) is 55.9 Å². The van der Waals surface area contributed by atoms with Crippen molar-refractivity contribution in [2.24, 2.45) is 5.84 Å². The molecule has 0 bridgehead atoms. The van der Waals surface area contributed by atoms with Crippen molar-refractivity contribution in [3.8, 4) is 0 Å². The van der Waals surface area contributed by atoms with Crippen LogP contribution in [0, 0.1) is 0 Å². The molecule has 0 aliphatic rings. The first-order valence-electron chi connectivity index (χ1n) is 6.10. The quantitative estimate of drug-likeness (QED) is 0.658. The number of hydrazine groups is 1. The Morgan fingerprint density at radius 3 is 2.84 bits per heavy atom. The summed E-state index contributed by atoms with van der Waals surface area (Å²) >= 11 is 12.3. The van der Waals surface area contributed by atoms with Crippen LogP contribution in [0.1, 0.15) is 30.6 Å². The second-order valence-electron chi connectivity index (χ2n) is 4.24. The molecular formula is C13H16Cl2N4. The summed E-state index contributed by atoms with van der Waals surface area (Å²) in [6, 6.07) is 7.03. The monoisotopic (exact) mass is 298 g/mol. The zero-order chi connectivity index (χ0) is 13.8. The lowest BCUT2D eigenvalue weighted by atomic mass is 10.0. The number of hydrogen-bond donors (Lipinski definition) is 2. The molecule has 0 radical (unpaired) electrons. The lowest BCUT2D eigenvalue weighted by Gasteiger charge is -2.19. The number of benzene rings is 1. The smallest absolute Gasteiger partial charge is 0.0893 e. The van der Waals surface area contributed by atoms with Crippen LogP contribution in [0.15, 0.2) is 30.5 Å². The molecule has 4 nitrogen and oxygen atoms in total. The molecule has 102 valence electrons. The Kier molecular flexibility index (Phi) is 4.82. The van der Waals surface area contributed by atoms with Crippen LogP contribution < -0.4 is 11.3 Å². The number of halogens is 2. The van der Waals surface area contributed by atoms with Gasteiger partial charge < -0.3 is 0 Å². The van der Waals surface area contributed by atoms with Crippen molar-refractivity contribution in [3.05, 3.63) is 51.8 Å². The summed E-state index contributed by atoms with van der Waals surface area (Å²) in [7, 11) is 0. The molecule has 1 unspecified atom stereocenters. The number of aryl methyl sites for hydroxylation is 1. The van der Waals surface area contributed by atoms with E-state index in [1.807, 2.05) is 16.8 Å². The normalized spacial score (nSPS) is 12.6. The van der Waals surface area contributed by atoms with Gasteiger partial charge in [0.05, 0.1) is 11.7 Å². The average molecular weight is 299 g/mol. The van der Waals surface area contributed by atoms with Gasteiger partial charge in [-0.25, -0.2) is 5.43 Å². The van der Waals surface area contributed by atoms with Crippen LogP contribution in [0.5, 0.6) is 0 Å². The van der Waals surface area contributed by atoms with Gasteiger partial charge in [-0.05, 0) is 36.2 Å². The van der Waals surface area contributed by atoms with Crippen LogP contribution in [0.4, 0.5) is 0 Å². The minimum Gasteiger partial charge on any atom is -0.271 e. The van der Waals surface area contributed by atoms with Gasteiger partial charge in [-0.3, -0.25) is 10.5 Å². The van der Waals surface area contributed by atoms with Gasteiger partial charge in [0.1, 0.15) is 0 Å². The average Bonchev–Trinajstić information content (AvgIpc) is 2.83. The van der Waals surface area contributed by atoms with Crippen LogP contribution in [-0.2, 0) is 6.54 Å². The minimum absolute atomic E-state index is 0.236. The van der Waals surface area contributed by atoms with Crippen molar-refractivity contribution >= 4 is 23.2 Å². The van der Waals surface area contributed by atoms with Crippen molar-refractivity contribution in [1.29, 1.82) is 0 Å². The van der Waals surface area contributed by atoms with E-state index in [1.165, 1.54) is 0 Å². The van der Waals surface area contributed by atoms with Gasteiger partial charge in [0, 0.05) is 22.8 Å². The first-order valence-corrected chi connectivity index (χ1v) is 6.85. The summed E-state index contributed by atoms with van der Waals surface area (Å²) < 4.78 is 1.92. The van der Waals surface area contributed by atoms with Crippen LogP contribution in [-0.4, -0.2) is 9.78 Å². The molecule has 1 heterocycles. The van der Waals surface area contributed by atoms with Crippen LogP contribution in [0.25, 0.3) is 0 Å². The predicted molar refractivity (Wildman–Crippen MR) is 78.1 cm³/mol. The van der Waals surface area contributed by atoms with Gasteiger partial charge >= 0.3 is 0 Å². The molecule has 2 aromatic rings. The maximum atomic E-state index is 6.23. The highest BCUT2D eigenvalue weighted by atomic mass is 35.5. The fourth-order valence-corrected chi connectivity index (χ4v) is 2.46. The standard InChI is InChI=1S/C13H16Cl2N4/c1-2-7-19-12(5-6-17-19)13(18-16)10-8-9(14)3-4-11(10)15/h3-6,8,13,18H,2,7,16H2,1H3. The number of aromatic nitrogens is 2. The number of nitrogens with zero attached hydrogens (tertiary/aromatic N) is 2. The molecule has 0 spiro atoms. The lowest BCUT2D eigenvalue weighted by Crippen LogP contribution is -2.31. The zero-order valence-corrected chi connectivity index (χ0v) is 12.1. The molecule has 3 N–H and O–H groups in total. The molecular weight excluding hydrogens is 283 g/mol. The molecule has 1 aromatic heterocycles. The summed E-state index contributed by atoms with van der Waals surface area (Å²) in [5.74, 6) is 5.69. The van der Waals surface area contributed by atoms with Gasteiger partial charge in [0.15, 0.2) is 0 Å². The van der Waals surface area contributed by atoms with Crippen LogP contribution in [0.2, 0.25) is 10.0 Å². The fraction of sp³-hybridized carbons (Fsp3) is 0.308. The Morgan fingerprint density at radius 1 is 1.37 bits per heavy atom. The highest BCUT2D eigenvalue weighted by Crippen LogP contribution is 2.30. The third kappa shape index (κ3) is 3.09. The Hall–Kier alpha value is -1.07. The summed E-state index contributed by atoms with van der Waals surface area (Å²) in [4.78, 5) is 0. The molecule has 6 heteroatoms. The molecule has 0 amide bonds. The van der Waals surface area contributed by atoms with Crippen molar-refractivity contribution in [2.75, 3.05) is 0 Å². The zero-order valence-electron chi connectivity index (χ0n) is 10.6. The summed E-state index contributed by atoms with van der Waals surface area (Å²) in [5, 5.41) is 5.55. The molecule has 2 rings (SSSR count). The predicted octanol–water partition coefficient (Wildman–Crippen LogP) is 3.15. The van der Waals surface area contributed by atoms with Gasteiger partial charge in [-0.1, -0.05) is 30.1 Å². The van der Waals surface area contributed by atoms with E-state index in [0.717, 1.165) is 24.2 Å². The lowest BCUT2D eigenvalue weighted by molar-refractivity contribution is 0.521. The Morgan fingerprint density at radius 2 is 2.16 bits per heavy atom. The summed E-state index contributed by atoms with van der Waals surface area (Å²) in [6.45, 7) is 2.93. The van der Waals surface area contributed by atoms with Crippen LogP contribution >= 0.6 is 23.2 Å². The summed E-state index contributed by atoms with van der Waals surface area (Å²) in [6.07, 6.45) is 2.75. The maximum Gasteiger partial charge on any atom is 0.0893 e.